The third-order valence-corrected chi connectivity index (χ3v) is 14.5. The standard InChI is InChI=1S/C68H30F3N11/c69-68(70,71)55-7-12-65(81-61-8-3-47(51-18-39(31-72)14-40(19-51)32-73)26-56(61)57-27-48(4-9-62(57)81)52-20-41(33-74)15-42(21-52)34-75)60(30-55)67-66(2-1-13-80-67)82-63-10-5-49(53-22-43(35-76)16-44(23-53)36-77)28-58(63)59-29-50(6-11-64(59)82)54-24-45(37-78)17-46(25-54)38-79/h1-30H. The first-order valence-electron chi connectivity index (χ1n) is 25.0. The molecule has 0 aliphatic carbocycles. The minimum atomic E-state index is -4.80. The number of pyridine rings is 1. The quantitative estimate of drug-likeness (QED) is 0.148. The fraction of sp³-hybridized carbons (Fsp3) is 0.0147. The monoisotopic (exact) mass is 1060 g/mol. The zero-order chi connectivity index (χ0) is 57.0. The summed E-state index contributed by atoms with van der Waals surface area (Å²) in [6.07, 6.45) is -3.29. The second-order valence-electron chi connectivity index (χ2n) is 19.3. The van der Waals surface area contributed by atoms with Crippen molar-refractivity contribution < 1.29 is 13.2 Å². The van der Waals surface area contributed by atoms with Crippen LogP contribution in [0.1, 0.15) is 50.1 Å². The molecule has 3 heterocycles. The van der Waals surface area contributed by atoms with Gasteiger partial charge in [-0.25, -0.2) is 0 Å². The molecule has 0 spiro atoms. The Kier molecular flexibility index (Phi) is 12.1. The number of rotatable bonds is 7. The highest BCUT2D eigenvalue weighted by Crippen LogP contribution is 2.45. The predicted octanol–water partition coefficient (Wildman–Crippen LogP) is 15.6. The van der Waals surface area contributed by atoms with E-state index in [0.717, 1.165) is 12.1 Å². The smallest absolute Gasteiger partial charge is 0.309 e. The summed E-state index contributed by atoms with van der Waals surface area (Å²) in [5.41, 5.74) is 9.67. The molecule has 12 rings (SSSR count). The van der Waals surface area contributed by atoms with Gasteiger partial charge in [0.1, 0.15) is 0 Å². The van der Waals surface area contributed by atoms with Gasteiger partial charge in [-0.2, -0.15) is 55.3 Å². The van der Waals surface area contributed by atoms with Crippen LogP contribution in [-0.4, -0.2) is 14.1 Å². The molecule has 82 heavy (non-hydrogen) atoms. The Bertz CT molecular complexity index is 4760. The van der Waals surface area contributed by atoms with Crippen LogP contribution in [0.5, 0.6) is 0 Å². The summed E-state index contributed by atoms with van der Waals surface area (Å²) in [4.78, 5) is 4.92. The van der Waals surface area contributed by atoms with Crippen molar-refractivity contribution in [2.24, 2.45) is 0 Å². The van der Waals surface area contributed by atoms with E-state index in [2.05, 4.69) is 48.6 Å². The van der Waals surface area contributed by atoms with Gasteiger partial charge in [0.15, 0.2) is 0 Å². The first-order chi connectivity index (χ1) is 39.8. The second-order valence-corrected chi connectivity index (χ2v) is 19.3. The Morgan fingerprint density at radius 2 is 0.622 bits per heavy atom. The number of alkyl halides is 3. The third kappa shape index (κ3) is 8.66. The average molecular weight is 1060 g/mol. The van der Waals surface area contributed by atoms with Gasteiger partial charge in [-0.3, -0.25) is 4.98 Å². The summed E-state index contributed by atoms with van der Waals surface area (Å²) in [5, 5.41) is 82.0. The van der Waals surface area contributed by atoms with Gasteiger partial charge < -0.3 is 9.13 Å². The summed E-state index contributed by atoms with van der Waals surface area (Å²) >= 11 is 0. The fourth-order valence-electron chi connectivity index (χ4n) is 10.9. The number of halogens is 3. The Labute approximate surface area is 465 Å². The van der Waals surface area contributed by atoms with E-state index >= 15 is 13.2 Å². The van der Waals surface area contributed by atoms with Crippen LogP contribution >= 0.6 is 0 Å². The van der Waals surface area contributed by atoms with Crippen LogP contribution in [0.25, 0.3) is 111 Å². The molecular formula is C68H30F3N11. The number of nitriles is 8. The highest BCUT2D eigenvalue weighted by molar-refractivity contribution is 6.14. The van der Waals surface area contributed by atoms with Crippen molar-refractivity contribution in [2.45, 2.75) is 6.18 Å². The highest BCUT2D eigenvalue weighted by atomic mass is 19.4. The number of fused-ring (bicyclic) bond motifs is 6. The van der Waals surface area contributed by atoms with Crippen LogP contribution in [0.3, 0.4) is 0 Å². The number of hydrogen-bond donors (Lipinski definition) is 0. The van der Waals surface area contributed by atoms with E-state index in [-0.39, 0.29) is 55.8 Å². The molecule has 12 aromatic rings. The van der Waals surface area contributed by atoms with Gasteiger partial charge in [0, 0.05) is 33.3 Å². The molecule has 0 aliphatic rings. The lowest BCUT2D eigenvalue weighted by Crippen LogP contribution is -2.08. The molecule has 11 nitrogen and oxygen atoms in total. The topological polar surface area (TPSA) is 213 Å². The van der Waals surface area contributed by atoms with Gasteiger partial charge in [0.05, 0.1) is 138 Å². The van der Waals surface area contributed by atoms with Crippen molar-refractivity contribution in [3.63, 3.8) is 0 Å². The number of aromatic nitrogens is 3. The molecule has 0 aliphatic heterocycles. The molecule has 0 saturated heterocycles. The van der Waals surface area contributed by atoms with Crippen molar-refractivity contribution in [3.8, 4) is 116 Å². The van der Waals surface area contributed by atoms with Crippen LogP contribution in [0.4, 0.5) is 13.2 Å². The van der Waals surface area contributed by atoms with Gasteiger partial charge in [-0.05, 0) is 196 Å². The largest absolute Gasteiger partial charge is 0.416 e. The Morgan fingerprint density at radius 3 is 0.915 bits per heavy atom. The van der Waals surface area contributed by atoms with Gasteiger partial charge in [0.2, 0.25) is 0 Å². The Morgan fingerprint density at radius 1 is 0.317 bits per heavy atom. The maximum absolute atomic E-state index is 15.2. The summed E-state index contributed by atoms with van der Waals surface area (Å²) in [6, 6.07) is 65.8. The van der Waals surface area contributed by atoms with E-state index in [1.54, 1.807) is 60.7 Å². The maximum Gasteiger partial charge on any atom is 0.416 e. The lowest BCUT2D eigenvalue weighted by Gasteiger charge is -2.19. The van der Waals surface area contributed by atoms with Crippen LogP contribution in [0, 0.1) is 90.6 Å². The molecule has 3 aromatic heterocycles. The molecule has 0 fully saturated rings. The minimum Gasteiger partial charge on any atom is -0.309 e. The summed E-state index contributed by atoms with van der Waals surface area (Å²) in [6.45, 7) is 0. The molecule has 0 atom stereocenters. The predicted molar refractivity (Wildman–Crippen MR) is 303 cm³/mol. The number of nitrogens with zero attached hydrogens (tertiary/aromatic N) is 11. The summed E-state index contributed by atoms with van der Waals surface area (Å²) in [5.74, 6) is 0. The molecule has 0 amide bonds. The molecule has 0 bridgehead atoms. The molecule has 378 valence electrons. The Hall–Kier alpha value is -12.6. The average Bonchev–Trinajstić information content (AvgIpc) is 4.24. The van der Waals surface area contributed by atoms with Crippen molar-refractivity contribution in [1.29, 1.82) is 42.1 Å². The normalized spacial score (nSPS) is 11.0. The lowest BCUT2D eigenvalue weighted by molar-refractivity contribution is -0.137. The lowest BCUT2D eigenvalue weighted by atomic mass is 9.97. The number of hydrogen-bond acceptors (Lipinski definition) is 9. The zero-order valence-corrected chi connectivity index (χ0v) is 42.4. The van der Waals surface area contributed by atoms with Crippen molar-refractivity contribution in [2.75, 3.05) is 0 Å². The molecule has 0 unspecified atom stereocenters. The maximum atomic E-state index is 15.2. The van der Waals surface area contributed by atoms with E-state index in [9.17, 15) is 42.1 Å². The fourth-order valence-corrected chi connectivity index (χ4v) is 10.9. The van der Waals surface area contributed by atoms with Crippen LogP contribution < -0.4 is 0 Å². The molecule has 0 saturated carbocycles. The Balaban J connectivity index is 1.14. The van der Waals surface area contributed by atoms with Gasteiger partial charge >= 0.3 is 6.18 Å². The van der Waals surface area contributed by atoms with Crippen LogP contribution in [-0.2, 0) is 6.18 Å². The zero-order valence-electron chi connectivity index (χ0n) is 42.4. The van der Waals surface area contributed by atoms with E-state index in [1.807, 2.05) is 81.9 Å². The number of benzene rings is 9. The molecule has 14 heteroatoms. The van der Waals surface area contributed by atoms with Crippen LogP contribution in [0.2, 0.25) is 0 Å². The van der Waals surface area contributed by atoms with E-state index < -0.39 is 11.7 Å². The van der Waals surface area contributed by atoms with Gasteiger partial charge in [0.25, 0.3) is 0 Å². The summed E-state index contributed by atoms with van der Waals surface area (Å²) < 4.78 is 49.5. The molecule has 9 aromatic carbocycles. The first-order valence-corrected chi connectivity index (χ1v) is 25.0. The molecule has 0 N–H and O–H groups in total. The SMILES string of the molecule is N#Cc1cc(C#N)cc(-c2ccc3c(c2)c2cc(-c4cc(C#N)cc(C#N)c4)ccc2n3-c2ccc(C(F)(F)F)cc2-c2ncccc2-n2c3ccc(-c4cc(C#N)cc(C#N)c4)cc3c3cc(-c4cc(C#N)cc(C#N)c4)ccc32)c1. The van der Waals surface area contributed by atoms with Crippen molar-refractivity contribution in [1.82, 2.24) is 14.1 Å². The molecular weight excluding hydrogens is 1030 g/mol. The van der Waals surface area contributed by atoms with Crippen molar-refractivity contribution in [3.05, 3.63) is 232 Å². The second kappa shape index (κ2) is 19.8. The van der Waals surface area contributed by atoms with Crippen LogP contribution in [0.15, 0.2) is 182 Å². The van der Waals surface area contributed by atoms with Gasteiger partial charge in [-0.15, -0.1) is 0 Å². The summed E-state index contributed by atoms with van der Waals surface area (Å²) in [7, 11) is 0. The van der Waals surface area contributed by atoms with E-state index in [1.165, 1.54) is 36.5 Å². The third-order valence-electron chi connectivity index (χ3n) is 14.5. The van der Waals surface area contributed by atoms with E-state index in [4.69, 9.17) is 4.98 Å². The molecule has 0 radical (unpaired) electrons. The first kappa shape index (κ1) is 50.3. The van der Waals surface area contributed by atoms with Crippen molar-refractivity contribution >= 4 is 43.6 Å². The van der Waals surface area contributed by atoms with Gasteiger partial charge in [-0.1, -0.05) is 24.3 Å². The van der Waals surface area contributed by atoms with E-state index in [0.29, 0.717) is 99.5 Å². The minimum absolute atomic E-state index is 0.107. The highest BCUT2D eigenvalue weighted by Gasteiger charge is 2.33.